The second-order valence-electron chi connectivity index (χ2n) is 3.26. The molecule has 2 heteroatoms. The maximum Gasteiger partial charge on any atom is 0.0641 e. The second kappa shape index (κ2) is 14.8. The number of hydrogen-bond donors (Lipinski definition) is 0. The van der Waals surface area contributed by atoms with Crippen LogP contribution in [0, 0.1) is 6.92 Å². The van der Waals surface area contributed by atoms with Crippen LogP contribution in [0.15, 0.2) is 31.0 Å². The first kappa shape index (κ1) is 18.2. The number of hydrogen-bond acceptors (Lipinski definition) is 2. The molecular formula is C15H27NO. The van der Waals surface area contributed by atoms with E-state index in [1.807, 2.05) is 26.1 Å². The lowest BCUT2D eigenvalue weighted by Gasteiger charge is -1.99. The van der Waals surface area contributed by atoms with Crippen molar-refractivity contribution in [1.29, 1.82) is 0 Å². The highest BCUT2D eigenvalue weighted by molar-refractivity contribution is 5.17. The van der Waals surface area contributed by atoms with Crippen molar-refractivity contribution < 1.29 is 4.74 Å². The molecule has 0 N–H and O–H groups in total. The molecule has 0 fully saturated rings. The molecule has 98 valence electrons. The summed E-state index contributed by atoms with van der Waals surface area (Å²) in [4.78, 5) is 4.27. The molecule has 1 aromatic heterocycles. The van der Waals surface area contributed by atoms with Gasteiger partial charge >= 0.3 is 0 Å². The number of methoxy groups -OCH3 is 1. The predicted molar refractivity (Wildman–Crippen MR) is 76.4 cm³/mol. The van der Waals surface area contributed by atoms with Gasteiger partial charge in [-0.3, -0.25) is 4.98 Å². The normalized spacial score (nSPS) is 8.29. The Kier molecular flexibility index (Phi) is 15.9. The number of aryl methyl sites for hydroxylation is 2. The predicted octanol–water partition coefficient (Wildman–Crippen LogP) is 4.19. The average Bonchev–Trinajstić information content (AvgIpc) is 2.37. The number of aromatic nitrogens is 1. The van der Waals surface area contributed by atoms with Gasteiger partial charge in [-0.25, -0.2) is 0 Å². The molecule has 0 aromatic carbocycles. The Bertz CT molecular complexity index is 271. The number of nitrogens with zero attached hydrogens (tertiary/aromatic N) is 1. The van der Waals surface area contributed by atoms with Crippen LogP contribution in [0.1, 0.15) is 38.4 Å². The molecule has 0 unspecified atom stereocenters. The van der Waals surface area contributed by atoms with Crippen LogP contribution in [0.2, 0.25) is 0 Å². The minimum Gasteiger partial charge on any atom is -0.381 e. The molecule has 1 aromatic rings. The molecule has 0 atom stereocenters. The summed E-state index contributed by atoms with van der Waals surface area (Å²) in [5, 5.41) is 0. The van der Waals surface area contributed by atoms with Crippen LogP contribution in [-0.4, -0.2) is 18.7 Å². The SMILES string of the molecule is C=CCOC.CC.CCCc1ncccc1C. The van der Waals surface area contributed by atoms with E-state index in [0.29, 0.717) is 6.61 Å². The van der Waals surface area contributed by atoms with Crippen molar-refractivity contribution in [1.82, 2.24) is 4.98 Å². The zero-order chi connectivity index (χ0) is 13.5. The van der Waals surface area contributed by atoms with Crippen LogP contribution in [0.5, 0.6) is 0 Å². The molecule has 0 saturated heterocycles. The summed E-state index contributed by atoms with van der Waals surface area (Å²) in [5.41, 5.74) is 2.55. The van der Waals surface area contributed by atoms with Gasteiger partial charge in [0.25, 0.3) is 0 Å². The zero-order valence-electron chi connectivity index (χ0n) is 12.0. The summed E-state index contributed by atoms with van der Waals surface area (Å²) in [6.07, 6.45) is 5.85. The van der Waals surface area contributed by atoms with Gasteiger partial charge in [0.05, 0.1) is 6.61 Å². The van der Waals surface area contributed by atoms with Crippen molar-refractivity contribution >= 4 is 0 Å². The summed E-state index contributed by atoms with van der Waals surface area (Å²) in [6, 6.07) is 4.09. The molecular weight excluding hydrogens is 210 g/mol. The highest BCUT2D eigenvalue weighted by atomic mass is 16.5. The summed E-state index contributed by atoms with van der Waals surface area (Å²) < 4.78 is 4.57. The number of rotatable bonds is 4. The third kappa shape index (κ3) is 11.1. The van der Waals surface area contributed by atoms with Gasteiger partial charge in [0, 0.05) is 19.0 Å². The van der Waals surface area contributed by atoms with E-state index in [9.17, 15) is 0 Å². The summed E-state index contributed by atoms with van der Waals surface area (Å²) in [7, 11) is 1.64. The van der Waals surface area contributed by atoms with E-state index in [1.165, 1.54) is 17.7 Å². The number of pyridine rings is 1. The molecule has 0 spiro atoms. The Morgan fingerprint density at radius 3 is 2.41 bits per heavy atom. The molecule has 2 nitrogen and oxygen atoms in total. The third-order valence-electron chi connectivity index (χ3n) is 1.89. The Hall–Kier alpha value is -1.15. The van der Waals surface area contributed by atoms with Gasteiger partial charge in [0.2, 0.25) is 0 Å². The largest absolute Gasteiger partial charge is 0.381 e. The molecule has 0 radical (unpaired) electrons. The van der Waals surface area contributed by atoms with E-state index in [2.05, 4.69) is 36.2 Å². The molecule has 17 heavy (non-hydrogen) atoms. The van der Waals surface area contributed by atoms with E-state index in [0.717, 1.165) is 6.42 Å². The minimum atomic E-state index is 0.653. The molecule has 0 amide bonds. The van der Waals surface area contributed by atoms with E-state index in [1.54, 1.807) is 13.2 Å². The summed E-state index contributed by atoms with van der Waals surface area (Å²) in [5.74, 6) is 0. The van der Waals surface area contributed by atoms with Gasteiger partial charge in [-0.15, -0.1) is 6.58 Å². The molecule has 0 saturated carbocycles. The first-order chi connectivity index (χ1) is 8.26. The van der Waals surface area contributed by atoms with Crippen LogP contribution in [0.4, 0.5) is 0 Å². The smallest absolute Gasteiger partial charge is 0.0641 e. The van der Waals surface area contributed by atoms with Gasteiger partial charge in [-0.05, 0) is 25.0 Å². The van der Waals surface area contributed by atoms with Gasteiger partial charge in [-0.1, -0.05) is 39.3 Å². The van der Waals surface area contributed by atoms with E-state index < -0.39 is 0 Å². The molecule has 0 aliphatic carbocycles. The summed E-state index contributed by atoms with van der Waals surface area (Å²) >= 11 is 0. The van der Waals surface area contributed by atoms with Crippen molar-refractivity contribution in [2.75, 3.05) is 13.7 Å². The lowest BCUT2D eigenvalue weighted by molar-refractivity contribution is 0.234. The zero-order valence-corrected chi connectivity index (χ0v) is 12.0. The lowest BCUT2D eigenvalue weighted by atomic mass is 10.1. The van der Waals surface area contributed by atoms with Gasteiger partial charge in [-0.2, -0.15) is 0 Å². The quantitative estimate of drug-likeness (QED) is 0.733. The highest BCUT2D eigenvalue weighted by Crippen LogP contribution is 2.04. The maximum absolute atomic E-state index is 4.57. The standard InChI is InChI=1S/C9H13N.C4H8O.C2H6/c1-3-5-9-8(2)6-4-7-10-9;1-3-4-5-2;1-2/h4,6-7H,3,5H2,1-2H3;3H,1,4H2,2H3;1-2H3. The maximum atomic E-state index is 4.57. The Balaban J connectivity index is 0. The third-order valence-corrected chi connectivity index (χ3v) is 1.89. The van der Waals surface area contributed by atoms with Crippen LogP contribution < -0.4 is 0 Å². The van der Waals surface area contributed by atoms with Crippen LogP contribution >= 0.6 is 0 Å². The molecule has 0 aliphatic heterocycles. The van der Waals surface area contributed by atoms with Crippen molar-refractivity contribution in [2.45, 2.75) is 40.5 Å². The molecule has 1 rings (SSSR count). The Morgan fingerprint density at radius 2 is 2.06 bits per heavy atom. The monoisotopic (exact) mass is 237 g/mol. The summed E-state index contributed by atoms with van der Waals surface area (Å²) in [6.45, 7) is 12.4. The van der Waals surface area contributed by atoms with E-state index >= 15 is 0 Å². The molecule has 0 bridgehead atoms. The van der Waals surface area contributed by atoms with Gasteiger partial charge in [0.1, 0.15) is 0 Å². The van der Waals surface area contributed by atoms with Crippen molar-refractivity contribution in [3.05, 3.63) is 42.2 Å². The van der Waals surface area contributed by atoms with Gasteiger partial charge in [0.15, 0.2) is 0 Å². The molecule has 1 heterocycles. The van der Waals surface area contributed by atoms with Gasteiger partial charge < -0.3 is 4.74 Å². The topological polar surface area (TPSA) is 22.1 Å². The minimum absolute atomic E-state index is 0.653. The average molecular weight is 237 g/mol. The molecule has 0 aliphatic rings. The van der Waals surface area contributed by atoms with Crippen LogP contribution in [0.3, 0.4) is 0 Å². The van der Waals surface area contributed by atoms with Crippen molar-refractivity contribution in [2.24, 2.45) is 0 Å². The highest BCUT2D eigenvalue weighted by Gasteiger charge is 1.94. The first-order valence-electron chi connectivity index (χ1n) is 6.26. The Labute approximate surface area is 107 Å². The van der Waals surface area contributed by atoms with E-state index in [4.69, 9.17) is 0 Å². The van der Waals surface area contributed by atoms with Crippen molar-refractivity contribution in [3.63, 3.8) is 0 Å². The Morgan fingerprint density at radius 1 is 1.41 bits per heavy atom. The van der Waals surface area contributed by atoms with Crippen LogP contribution in [-0.2, 0) is 11.2 Å². The first-order valence-corrected chi connectivity index (χ1v) is 6.26. The fraction of sp³-hybridized carbons (Fsp3) is 0.533. The van der Waals surface area contributed by atoms with Crippen LogP contribution in [0.25, 0.3) is 0 Å². The lowest BCUT2D eigenvalue weighted by Crippen LogP contribution is -1.91. The van der Waals surface area contributed by atoms with Crippen molar-refractivity contribution in [3.8, 4) is 0 Å². The number of ether oxygens (including phenoxy) is 1. The fourth-order valence-corrected chi connectivity index (χ4v) is 1.13. The second-order valence-corrected chi connectivity index (χ2v) is 3.26. The van der Waals surface area contributed by atoms with E-state index in [-0.39, 0.29) is 0 Å². The fourth-order valence-electron chi connectivity index (χ4n) is 1.13.